The molecule has 0 unspecified atom stereocenters. The number of benzene rings is 3. The van der Waals surface area contributed by atoms with Crippen LogP contribution in [0.4, 0.5) is 10.1 Å². The Morgan fingerprint density at radius 1 is 0.833 bits per heavy atom. The summed E-state index contributed by atoms with van der Waals surface area (Å²) in [5, 5.41) is 0.627. The zero-order valence-electron chi connectivity index (χ0n) is 20.4. The lowest BCUT2D eigenvalue weighted by atomic mass is 10.1. The molecule has 188 valence electrons. The highest BCUT2D eigenvalue weighted by atomic mass is 32.2. The zero-order valence-corrected chi connectivity index (χ0v) is 21.2. The Balaban J connectivity index is 1.64. The summed E-state index contributed by atoms with van der Waals surface area (Å²) in [4.78, 5) is 4.26. The molecule has 0 aliphatic heterocycles. The molecule has 3 aromatic carbocycles. The summed E-state index contributed by atoms with van der Waals surface area (Å²) in [6, 6.07) is 12.1. The molecule has 0 bridgehead atoms. The van der Waals surface area contributed by atoms with E-state index in [-0.39, 0.29) is 22.1 Å². The second-order valence-corrected chi connectivity index (χ2v) is 9.59. The van der Waals surface area contributed by atoms with Gasteiger partial charge in [0.25, 0.3) is 10.0 Å². The molecule has 0 atom stereocenters. The molecule has 10 heteroatoms. The highest BCUT2D eigenvalue weighted by molar-refractivity contribution is 7.92. The lowest BCUT2D eigenvalue weighted by Gasteiger charge is -2.15. The fourth-order valence-corrected chi connectivity index (χ4v) is 5.00. The third kappa shape index (κ3) is 4.72. The molecule has 0 saturated carbocycles. The molecule has 1 N–H and O–H groups in total. The smallest absolute Gasteiger partial charge is 0.265 e. The first-order valence-corrected chi connectivity index (χ1v) is 12.3. The van der Waals surface area contributed by atoms with Crippen LogP contribution in [0.25, 0.3) is 10.9 Å². The zero-order chi connectivity index (χ0) is 26.0. The number of aryl methyl sites for hydroxylation is 2. The largest absolute Gasteiger partial charge is 0.495 e. The average Bonchev–Trinajstić information content (AvgIpc) is 2.86. The number of fused-ring (bicyclic) bond motifs is 1. The summed E-state index contributed by atoms with van der Waals surface area (Å²) in [6.45, 7) is 3.63. The van der Waals surface area contributed by atoms with E-state index in [1.54, 1.807) is 31.2 Å². The maximum atomic E-state index is 15.0. The van der Waals surface area contributed by atoms with Crippen LogP contribution >= 0.6 is 0 Å². The first-order valence-electron chi connectivity index (χ1n) is 10.8. The van der Waals surface area contributed by atoms with Gasteiger partial charge in [-0.2, -0.15) is 0 Å². The standard InChI is InChI=1S/C26H25FN2O6S/c1-15-12-23(33-4)24(13-16(15)2)36(30,31)29-20-8-6-17(14-19(20)27)35-21-10-11-28-25-18(21)7-9-22(32-3)26(25)34-5/h6-14,29H,1-5H3. The van der Waals surface area contributed by atoms with Crippen molar-refractivity contribution in [2.75, 3.05) is 26.1 Å². The van der Waals surface area contributed by atoms with Crippen LogP contribution in [-0.4, -0.2) is 34.7 Å². The Morgan fingerprint density at radius 2 is 1.56 bits per heavy atom. The van der Waals surface area contributed by atoms with Crippen LogP contribution in [0.1, 0.15) is 11.1 Å². The second-order valence-electron chi connectivity index (χ2n) is 7.94. The van der Waals surface area contributed by atoms with Crippen molar-refractivity contribution in [3.05, 3.63) is 71.7 Å². The molecule has 0 aliphatic carbocycles. The number of sulfonamides is 1. The minimum Gasteiger partial charge on any atom is -0.495 e. The van der Waals surface area contributed by atoms with Crippen molar-refractivity contribution in [3.8, 4) is 28.7 Å². The molecule has 1 heterocycles. The molecule has 0 spiro atoms. The second kappa shape index (κ2) is 9.90. The van der Waals surface area contributed by atoms with E-state index in [1.165, 1.54) is 45.7 Å². The number of ether oxygens (including phenoxy) is 4. The number of methoxy groups -OCH3 is 3. The van der Waals surface area contributed by atoms with Crippen LogP contribution in [0.5, 0.6) is 28.7 Å². The van der Waals surface area contributed by atoms with Gasteiger partial charge in [-0.05, 0) is 67.4 Å². The SMILES string of the molecule is COc1cc(C)c(C)cc1S(=O)(=O)Nc1ccc(Oc2ccnc3c(OC)c(OC)ccc23)cc1F. The van der Waals surface area contributed by atoms with Gasteiger partial charge in [0.15, 0.2) is 17.3 Å². The molecule has 4 rings (SSSR count). The van der Waals surface area contributed by atoms with Crippen molar-refractivity contribution < 1.29 is 31.8 Å². The van der Waals surface area contributed by atoms with Crippen molar-refractivity contribution >= 4 is 26.6 Å². The van der Waals surface area contributed by atoms with Crippen molar-refractivity contribution in [2.24, 2.45) is 0 Å². The lowest BCUT2D eigenvalue weighted by Crippen LogP contribution is -2.15. The van der Waals surface area contributed by atoms with Gasteiger partial charge in [-0.3, -0.25) is 9.71 Å². The molecule has 0 saturated heterocycles. The summed E-state index contributed by atoms with van der Waals surface area (Å²) in [5.74, 6) is 0.894. The number of nitrogens with one attached hydrogen (secondary N) is 1. The first kappa shape index (κ1) is 25.1. The molecule has 0 aliphatic rings. The molecular weight excluding hydrogens is 487 g/mol. The van der Waals surface area contributed by atoms with Gasteiger partial charge in [-0.25, -0.2) is 12.8 Å². The Bertz CT molecular complexity index is 1560. The van der Waals surface area contributed by atoms with Gasteiger partial charge in [-0.1, -0.05) is 0 Å². The highest BCUT2D eigenvalue weighted by Gasteiger charge is 2.22. The predicted octanol–water partition coefficient (Wildman–Crippen LogP) is 5.61. The predicted molar refractivity (Wildman–Crippen MR) is 135 cm³/mol. The van der Waals surface area contributed by atoms with Crippen molar-refractivity contribution in [3.63, 3.8) is 0 Å². The van der Waals surface area contributed by atoms with E-state index < -0.39 is 15.8 Å². The van der Waals surface area contributed by atoms with Crippen molar-refractivity contribution in [2.45, 2.75) is 18.7 Å². The number of nitrogens with zero attached hydrogens (tertiary/aromatic N) is 1. The van der Waals surface area contributed by atoms with E-state index in [4.69, 9.17) is 18.9 Å². The fraction of sp³-hybridized carbons (Fsp3) is 0.192. The van der Waals surface area contributed by atoms with E-state index in [0.29, 0.717) is 28.2 Å². The van der Waals surface area contributed by atoms with Gasteiger partial charge in [0, 0.05) is 17.6 Å². The molecular formula is C26H25FN2O6S. The maximum absolute atomic E-state index is 15.0. The van der Waals surface area contributed by atoms with E-state index in [9.17, 15) is 12.8 Å². The molecule has 8 nitrogen and oxygen atoms in total. The molecule has 4 aromatic rings. The van der Waals surface area contributed by atoms with E-state index in [2.05, 4.69) is 9.71 Å². The summed E-state index contributed by atoms with van der Waals surface area (Å²) in [5.41, 5.74) is 1.92. The quantitative estimate of drug-likeness (QED) is 0.328. The van der Waals surface area contributed by atoms with Crippen LogP contribution < -0.4 is 23.7 Å². The summed E-state index contributed by atoms with van der Waals surface area (Å²) < 4.78 is 65.2. The Kier molecular flexibility index (Phi) is 6.89. The van der Waals surface area contributed by atoms with E-state index in [1.807, 2.05) is 6.92 Å². The lowest BCUT2D eigenvalue weighted by molar-refractivity contribution is 0.358. The van der Waals surface area contributed by atoms with Gasteiger partial charge in [0.1, 0.15) is 27.7 Å². The van der Waals surface area contributed by atoms with Gasteiger partial charge in [-0.15, -0.1) is 0 Å². The highest BCUT2D eigenvalue weighted by Crippen LogP contribution is 2.39. The number of anilines is 1. The monoisotopic (exact) mass is 512 g/mol. The topological polar surface area (TPSA) is 96.0 Å². The fourth-order valence-electron chi connectivity index (χ4n) is 3.70. The summed E-state index contributed by atoms with van der Waals surface area (Å²) in [7, 11) is 0.292. The molecule has 1 aromatic heterocycles. The maximum Gasteiger partial charge on any atom is 0.265 e. The van der Waals surface area contributed by atoms with Crippen LogP contribution in [0, 0.1) is 19.7 Å². The Morgan fingerprint density at radius 3 is 2.22 bits per heavy atom. The molecule has 36 heavy (non-hydrogen) atoms. The minimum absolute atomic E-state index is 0.0829. The average molecular weight is 513 g/mol. The van der Waals surface area contributed by atoms with Gasteiger partial charge in [0.2, 0.25) is 0 Å². The minimum atomic E-state index is -4.12. The third-order valence-electron chi connectivity index (χ3n) is 5.70. The van der Waals surface area contributed by atoms with Crippen LogP contribution in [-0.2, 0) is 10.0 Å². The number of aromatic nitrogens is 1. The molecule has 0 radical (unpaired) electrons. The van der Waals surface area contributed by atoms with Crippen molar-refractivity contribution in [1.29, 1.82) is 0 Å². The third-order valence-corrected chi connectivity index (χ3v) is 7.08. The number of hydrogen-bond acceptors (Lipinski definition) is 7. The molecule has 0 fully saturated rings. The van der Waals surface area contributed by atoms with Crippen LogP contribution in [0.3, 0.4) is 0 Å². The Labute approximate surface area is 208 Å². The van der Waals surface area contributed by atoms with E-state index in [0.717, 1.165) is 17.2 Å². The summed E-state index contributed by atoms with van der Waals surface area (Å²) in [6.07, 6.45) is 1.54. The summed E-state index contributed by atoms with van der Waals surface area (Å²) >= 11 is 0. The first-order chi connectivity index (χ1) is 17.2. The normalized spacial score (nSPS) is 11.3. The molecule has 0 amide bonds. The van der Waals surface area contributed by atoms with Crippen LogP contribution in [0.15, 0.2) is 59.6 Å². The number of rotatable bonds is 8. The number of hydrogen-bond donors (Lipinski definition) is 1. The van der Waals surface area contributed by atoms with Gasteiger partial charge in [0.05, 0.1) is 27.0 Å². The number of pyridine rings is 1. The van der Waals surface area contributed by atoms with Crippen LogP contribution in [0.2, 0.25) is 0 Å². The number of halogens is 1. The Hall–Kier alpha value is -4.05. The van der Waals surface area contributed by atoms with Gasteiger partial charge >= 0.3 is 0 Å². The van der Waals surface area contributed by atoms with E-state index >= 15 is 0 Å². The van der Waals surface area contributed by atoms with Gasteiger partial charge < -0.3 is 18.9 Å². The van der Waals surface area contributed by atoms with Crippen molar-refractivity contribution in [1.82, 2.24) is 4.98 Å².